The molecule has 0 aliphatic carbocycles. The Morgan fingerprint density at radius 2 is 1.76 bits per heavy atom. The molecule has 0 radical (unpaired) electrons. The minimum atomic E-state index is -4.53. The number of hydrogen-bond acceptors (Lipinski definition) is 3. The molecule has 0 unspecified atom stereocenters. The van der Waals surface area contributed by atoms with Crippen LogP contribution in [0.15, 0.2) is 6.07 Å². The fourth-order valence-electron chi connectivity index (χ4n) is 2.78. The number of aryl methyl sites for hydroxylation is 1. The summed E-state index contributed by atoms with van der Waals surface area (Å²) in [5.41, 5.74) is 1.05. The van der Waals surface area contributed by atoms with Crippen molar-refractivity contribution in [2.24, 2.45) is 0 Å². The van der Waals surface area contributed by atoms with E-state index in [1.165, 1.54) is 0 Å². The van der Waals surface area contributed by atoms with E-state index in [1.54, 1.807) is 6.92 Å². The van der Waals surface area contributed by atoms with Crippen LogP contribution < -0.4 is 4.90 Å². The molecule has 0 saturated carbocycles. The van der Waals surface area contributed by atoms with Crippen LogP contribution in [-0.2, 0) is 6.18 Å². The lowest BCUT2D eigenvalue weighted by molar-refractivity contribution is -0.144. The molecule has 3 heterocycles. The summed E-state index contributed by atoms with van der Waals surface area (Å²) in [6, 6.07) is 1.82. The zero-order valence-electron chi connectivity index (χ0n) is 11.8. The highest BCUT2D eigenvalue weighted by Gasteiger charge is 2.36. The van der Waals surface area contributed by atoms with Gasteiger partial charge < -0.3 is 9.88 Å². The Balaban J connectivity index is 2.13. The van der Waals surface area contributed by atoms with Gasteiger partial charge in [0.2, 0.25) is 5.82 Å². The van der Waals surface area contributed by atoms with Gasteiger partial charge in [-0.05, 0) is 25.8 Å². The van der Waals surface area contributed by atoms with Crippen molar-refractivity contribution in [3.8, 4) is 0 Å². The lowest BCUT2D eigenvalue weighted by Crippen LogP contribution is -2.26. The Kier molecular flexibility index (Phi) is 3.51. The molecule has 0 atom stereocenters. The summed E-state index contributed by atoms with van der Waals surface area (Å²) >= 11 is 0. The highest BCUT2D eigenvalue weighted by molar-refractivity contribution is 5.88. The topological polar surface area (TPSA) is 44.8 Å². The van der Waals surface area contributed by atoms with E-state index in [4.69, 9.17) is 0 Å². The number of nitrogens with one attached hydrogen (secondary N) is 1. The summed E-state index contributed by atoms with van der Waals surface area (Å²) in [5.74, 6) is -0.672. The van der Waals surface area contributed by atoms with E-state index in [0.717, 1.165) is 44.5 Å². The van der Waals surface area contributed by atoms with Gasteiger partial charge in [-0.3, -0.25) is 0 Å². The number of halogens is 3. The van der Waals surface area contributed by atoms with Crippen molar-refractivity contribution in [1.29, 1.82) is 0 Å². The molecule has 1 aliphatic rings. The molecular weight excluding hydrogens is 281 g/mol. The second-order valence-electron chi connectivity index (χ2n) is 5.48. The van der Waals surface area contributed by atoms with Gasteiger partial charge in [-0.25, -0.2) is 9.97 Å². The van der Waals surface area contributed by atoms with Gasteiger partial charge in [-0.1, -0.05) is 12.8 Å². The van der Waals surface area contributed by atoms with E-state index >= 15 is 0 Å². The summed E-state index contributed by atoms with van der Waals surface area (Å²) in [6.07, 6.45) is -0.341. The third-order valence-electron chi connectivity index (χ3n) is 3.76. The lowest BCUT2D eigenvalue weighted by atomic mass is 10.2. The standard InChI is InChI=1S/C14H17F3N4/c1-9-8-10-11(18-9)19-13(14(15,16)17)20-12(10)21-6-4-2-3-5-7-21/h8H,2-7H2,1H3,(H,18,19,20). The van der Waals surface area contributed by atoms with Crippen molar-refractivity contribution in [3.05, 3.63) is 17.6 Å². The summed E-state index contributed by atoms with van der Waals surface area (Å²) in [7, 11) is 0. The fourth-order valence-corrected chi connectivity index (χ4v) is 2.78. The molecule has 0 aromatic carbocycles. The monoisotopic (exact) mass is 298 g/mol. The number of nitrogens with zero attached hydrogens (tertiary/aromatic N) is 3. The molecular formula is C14H17F3N4. The van der Waals surface area contributed by atoms with E-state index in [0.29, 0.717) is 11.2 Å². The Bertz CT molecular complexity index is 639. The third-order valence-corrected chi connectivity index (χ3v) is 3.76. The van der Waals surface area contributed by atoms with Gasteiger partial charge in [0.15, 0.2) is 0 Å². The maximum absolute atomic E-state index is 13.0. The molecule has 3 rings (SSSR count). The summed E-state index contributed by atoms with van der Waals surface area (Å²) in [6.45, 7) is 3.29. The lowest BCUT2D eigenvalue weighted by Gasteiger charge is -2.22. The molecule has 1 fully saturated rings. The molecule has 4 nitrogen and oxygen atoms in total. The van der Waals surface area contributed by atoms with Crippen molar-refractivity contribution < 1.29 is 13.2 Å². The van der Waals surface area contributed by atoms with E-state index in [9.17, 15) is 13.2 Å². The quantitative estimate of drug-likeness (QED) is 0.873. The number of fused-ring (bicyclic) bond motifs is 1. The zero-order valence-corrected chi connectivity index (χ0v) is 11.8. The van der Waals surface area contributed by atoms with Crippen LogP contribution in [-0.4, -0.2) is 28.0 Å². The van der Waals surface area contributed by atoms with Crippen LogP contribution >= 0.6 is 0 Å². The smallest absolute Gasteiger partial charge is 0.356 e. The van der Waals surface area contributed by atoms with Crippen LogP contribution in [0.25, 0.3) is 11.0 Å². The van der Waals surface area contributed by atoms with Crippen LogP contribution in [0.2, 0.25) is 0 Å². The Labute approximate surface area is 120 Å². The molecule has 2 aromatic heterocycles. The second kappa shape index (κ2) is 5.20. The van der Waals surface area contributed by atoms with Crippen LogP contribution in [0.4, 0.5) is 19.0 Å². The van der Waals surface area contributed by atoms with Crippen molar-refractivity contribution in [2.45, 2.75) is 38.8 Å². The van der Waals surface area contributed by atoms with Gasteiger partial charge in [-0.15, -0.1) is 0 Å². The normalized spacial score (nSPS) is 17.2. The van der Waals surface area contributed by atoms with Crippen molar-refractivity contribution in [1.82, 2.24) is 15.0 Å². The molecule has 21 heavy (non-hydrogen) atoms. The predicted molar refractivity (Wildman–Crippen MR) is 74.3 cm³/mol. The maximum atomic E-state index is 13.0. The van der Waals surface area contributed by atoms with Gasteiger partial charge in [0.1, 0.15) is 11.5 Å². The Morgan fingerprint density at radius 3 is 2.38 bits per heavy atom. The highest BCUT2D eigenvalue weighted by atomic mass is 19.4. The Hall–Kier alpha value is -1.79. The highest BCUT2D eigenvalue weighted by Crippen LogP contribution is 2.32. The van der Waals surface area contributed by atoms with Gasteiger partial charge in [-0.2, -0.15) is 13.2 Å². The number of H-pyrrole nitrogens is 1. The number of hydrogen-bond donors (Lipinski definition) is 1. The molecule has 0 spiro atoms. The molecule has 1 saturated heterocycles. The number of rotatable bonds is 1. The molecule has 1 N–H and O–H groups in total. The first-order valence-corrected chi connectivity index (χ1v) is 7.14. The summed E-state index contributed by atoms with van der Waals surface area (Å²) in [5, 5.41) is 0.669. The minimum Gasteiger partial charge on any atom is -0.356 e. The Morgan fingerprint density at radius 1 is 1.10 bits per heavy atom. The third kappa shape index (κ3) is 2.82. The molecule has 0 bridgehead atoms. The summed E-state index contributed by atoms with van der Waals surface area (Å²) in [4.78, 5) is 12.3. The van der Waals surface area contributed by atoms with Crippen molar-refractivity contribution in [2.75, 3.05) is 18.0 Å². The van der Waals surface area contributed by atoms with Crippen molar-refractivity contribution in [3.63, 3.8) is 0 Å². The van der Waals surface area contributed by atoms with Gasteiger partial charge in [0, 0.05) is 18.8 Å². The average Bonchev–Trinajstić information content (AvgIpc) is 2.61. The average molecular weight is 298 g/mol. The van der Waals surface area contributed by atoms with Crippen LogP contribution in [0.5, 0.6) is 0 Å². The number of anilines is 1. The SMILES string of the molecule is Cc1cc2c(N3CCCCCC3)nc(C(F)(F)F)nc2[nH]1. The molecule has 1 aliphatic heterocycles. The van der Waals surface area contributed by atoms with Gasteiger partial charge in [0.05, 0.1) is 5.39 Å². The predicted octanol–water partition coefficient (Wildman–Crippen LogP) is 3.67. The summed E-state index contributed by atoms with van der Waals surface area (Å²) < 4.78 is 39.0. The van der Waals surface area contributed by atoms with Crippen LogP contribution in [0.1, 0.15) is 37.2 Å². The van der Waals surface area contributed by atoms with Gasteiger partial charge >= 0.3 is 6.18 Å². The number of aromatic amines is 1. The van der Waals surface area contributed by atoms with E-state index in [2.05, 4.69) is 15.0 Å². The van der Waals surface area contributed by atoms with Crippen LogP contribution in [0, 0.1) is 6.92 Å². The molecule has 114 valence electrons. The number of aromatic nitrogens is 3. The van der Waals surface area contributed by atoms with E-state index in [-0.39, 0.29) is 5.65 Å². The molecule has 2 aromatic rings. The zero-order chi connectivity index (χ0) is 15.0. The molecule has 7 heteroatoms. The maximum Gasteiger partial charge on any atom is 0.451 e. The fraction of sp³-hybridized carbons (Fsp3) is 0.571. The first kappa shape index (κ1) is 14.2. The first-order chi connectivity index (χ1) is 9.95. The van der Waals surface area contributed by atoms with E-state index < -0.39 is 12.0 Å². The second-order valence-corrected chi connectivity index (χ2v) is 5.48. The van der Waals surface area contributed by atoms with Crippen LogP contribution in [0.3, 0.4) is 0 Å². The van der Waals surface area contributed by atoms with Gasteiger partial charge in [0.25, 0.3) is 0 Å². The first-order valence-electron chi connectivity index (χ1n) is 7.14. The van der Waals surface area contributed by atoms with E-state index in [1.807, 2.05) is 11.0 Å². The molecule has 0 amide bonds. The number of alkyl halides is 3. The largest absolute Gasteiger partial charge is 0.451 e. The minimum absolute atomic E-state index is 0.258. The van der Waals surface area contributed by atoms with Crippen molar-refractivity contribution >= 4 is 16.9 Å².